The minimum Gasteiger partial charge on any atom is -0.266 e. The van der Waals surface area contributed by atoms with Crippen molar-refractivity contribution >= 4 is 27.7 Å². The third-order valence-corrected chi connectivity index (χ3v) is 3.04. The highest BCUT2D eigenvalue weighted by Crippen LogP contribution is 2.19. The molecule has 0 N–H and O–H groups in total. The molecule has 0 amide bonds. The molecule has 0 fully saturated rings. The topological polar surface area (TPSA) is 34.9 Å². The first-order chi connectivity index (χ1) is 5.16. The van der Waals surface area contributed by atoms with Gasteiger partial charge in [-0.05, 0) is 22.2 Å². The zero-order chi connectivity index (χ0) is 8.43. The molecule has 0 aliphatic rings. The van der Waals surface area contributed by atoms with Gasteiger partial charge in [0.15, 0.2) is 0 Å². The maximum atomic E-state index is 11.2. The maximum absolute atomic E-state index is 11.2. The Morgan fingerprint density at radius 2 is 2.36 bits per heavy atom. The first kappa shape index (κ1) is 8.80. The average molecular weight is 235 g/mol. The number of hydrogen-bond donors (Lipinski definition) is 0. The molecule has 1 aromatic rings. The predicted molar refractivity (Wildman–Crippen MR) is 49.0 cm³/mol. The van der Waals surface area contributed by atoms with E-state index in [0.29, 0.717) is 4.47 Å². The van der Waals surface area contributed by atoms with Crippen LogP contribution in [0.3, 0.4) is 0 Å². The molecular formula is C6H7BrN2OS. The van der Waals surface area contributed by atoms with E-state index in [0.717, 1.165) is 4.90 Å². The van der Waals surface area contributed by atoms with Crippen LogP contribution < -0.4 is 5.56 Å². The number of rotatable bonds is 1. The summed E-state index contributed by atoms with van der Waals surface area (Å²) in [4.78, 5) is 12.1. The summed E-state index contributed by atoms with van der Waals surface area (Å²) < 4.78 is 1.88. The monoisotopic (exact) mass is 234 g/mol. The molecule has 0 aliphatic heterocycles. The van der Waals surface area contributed by atoms with Gasteiger partial charge in [0.05, 0.1) is 10.7 Å². The Morgan fingerprint density at radius 1 is 1.73 bits per heavy atom. The molecule has 0 unspecified atom stereocenters. The number of aryl methyl sites for hydroxylation is 1. The fourth-order valence-corrected chi connectivity index (χ4v) is 1.90. The maximum Gasteiger partial charge on any atom is 0.281 e. The predicted octanol–water partition coefficient (Wildman–Crippen LogP) is 1.26. The van der Waals surface area contributed by atoms with Crippen LogP contribution in [0, 0.1) is 0 Å². The molecule has 0 atom stereocenters. The van der Waals surface area contributed by atoms with Crippen LogP contribution in [0.15, 0.2) is 20.4 Å². The highest BCUT2D eigenvalue weighted by Gasteiger charge is 2.03. The standard InChI is InChI=1S/C6H7BrN2OS/c1-9-6(10)5(7)4(11-2)3-8-9/h3H,1-2H3. The molecule has 5 heteroatoms. The summed E-state index contributed by atoms with van der Waals surface area (Å²) in [5.41, 5.74) is -0.100. The van der Waals surface area contributed by atoms with Gasteiger partial charge in [-0.1, -0.05) is 0 Å². The first-order valence-electron chi connectivity index (χ1n) is 2.92. The highest BCUT2D eigenvalue weighted by molar-refractivity contribution is 9.10. The Labute approximate surface area is 76.9 Å². The smallest absolute Gasteiger partial charge is 0.266 e. The third kappa shape index (κ3) is 1.65. The van der Waals surface area contributed by atoms with Crippen LogP contribution in [-0.2, 0) is 7.05 Å². The van der Waals surface area contributed by atoms with Gasteiger partial charge in [-0.3, -0.25) is 4.79 Å². The van der Waals surface area contributed by atoms with Crippen molar-refractivity contribution in [1.29, 1.82) is 0 Å². The Hall–Kier alpha value is -0.290. The van der Waals surface area contributed by atoms with Gasteiger partial charge >= 0.3 is 0 Å². The van der Waals surface area contributed by atoms with E-state index >= 15 is 0 Å². The minimum atomic E-state index is -0.100. The molecule has 0 saturated carbocycles. The van der Waals surface area contributed by atoms with Gasteiger partial charge in [0.25, 0.3) is 5.56 Å². The Morgan fingerprint density at radius 3 is 2.91 bits per heavy atom. The van der Waals surface area contributed by atoms with E-state index in [1.165, 1.54) is 16.4 Å². The third-order valence-electron chi connectivity index (χ3n) is 1.27. The molecule has 3 nitrogen and oxygen atoms in total. The van der Waals surface area contributed by atoms with Gasteiger partial charge in [0.2, 0.25) is 0 Å². The van der Waals surface area contributed by atoms with Crippen LogP contribution in [0.5, 0.6) is 0 Å². The fraction of sp³-hybridized carbons (Fsp3) is 0.333. The lowest BCUT2D eigenvalue weighted by Gasteiger charge is -2.00. The van der Waals surface area contributed by atoms with E-state index in [1.54, 1.807) is 13.2 Å². The summed E-state index contributed by atoms with van der Waals surface area (Å²) in [5, 5.41) is 3.86. The Kier molecular flexibility index (Phi) is 2.72. The van der Waals surface area contributed by atoms with E-state index in [1.807, 2.05) is 6.26 Å². The van der Waals surface area contributed by atoms with Crippen LogP contribution in [0.2, 0.25) is 0 Å². The molecule has 0 aliphatic carbocycles. The Bertz CT molecular complexity index is 323. The lowest BCUT2D eigenvalue weighted by Crippen LogP contribution is -2.20. The molecule has 0 saturated heterocycles. The number of aromatic nitrogens is 2. The summed E-state index contributed by atoms with van der Waals surface area (Å²) in [6.07, 6.45) is 3.57. The zero-order valence-corrected chi connectivity index (χ0v) is 8.57. The van der Waals surface area contributed by atoms with Crippen LogP contribution in [0.25, 0.3) is 0 Å². The number of halogens is 1. The lowest BCUT2D eigenvalue weighted by atomic mass is 10.6. The molecule has 0 bridgehead atoms. The summed E-state index contributed by atoms with van der Waals surface area (Å²) >= 11 is 4.69. The normalized spacial score (nSPS) is 10.1. The SMILES string of the molecule is CSc1cnn(C)c(=O)c1Br. The molecule has 0 radical (unpaired) electrons. The van der Waals surface area contributed by atoms with Crippen molar-refractivity contribution < 1.29 is 0 Å². The van der Waals surface area contributed by atoms with Crippen LogP contribution in [0.1, 0.15) is 0 Å². The van der Waals surface area contributed by atoms with E-state index in [2.05, 4.69) is 21.0 Å². The van der Waals surface area contributed by atoms with Crippen LogP contribution in [0.4, 0.5) is 0 Å². The van der Waals surface area contributed by atoms with Crippen LogP contribution in [-0.4, -0.2) is 16.0 Å². The van der Waals surface area contributed by atoms with Crippen molar-refractivity contribution in [2.24, 2.45) is 7.05 Å². The van der Waals surface area contributed by atoms with Gasteiger partial charge in [-0.15, -0.1) is 11.8 Å². The molecule has 1 aromatic heterocycles. The largest absolute Gasteiger partial charge is 0.281 e. The van der Waals surface area contributed by atoms with Crippen molar-refractivity contribution in [3.05, 3.63) is 21.0 Å². The van der Waals surface area contributed by atoms with Crippen LogP contribution >= 0.6 is 27.7 Å². The van der Waals surface area contributed by atoms with Gasteiger partial charge < -0.3 is 0 Å². The summed E-state index contributed by atoms with van der Waals surface area (Å²) in [6, 6.07) is 0. The van der Waals surface area contributed by atoms with E-state index in [-0.39, 0.29) is 5.56 Å². The second-order valence-corrected chi connectivity index (χ2v) is 3.60. The second-order valence-electron chi connectivity index (χ2n) is 1.96. The molecule has 11 heavy (non-hydrogen) atoms. The average Bonchev–Trinajstić information content (AvgIpc) is 2.01. The number of nitrogens with zero attached hydrogens (tertiary/aromatic N) is 2. The molecule has 1 rings (SSSR count). The van der Waals surface area contributed by atoms with Crippen molar-refractivity contribution in [3.63, 3.8) is 0 Å². The zero-order valence-electron chi connectivity index (χ0n) is 6.17. The summed E-state index contributed by atoms with van der Waals surface area (Å²) in [5.74, 6) is 0. The number of thioether (sulfide) groups is 1. The molecule has 1 heterocycles. The van der Waals surface area contributed by atoms with E-state index < -0.39 is 0 Å². The van der Waals surface area contributed by atoms with Crippen molar-refractivity contribution in [1.82, 2.24) is 9.78 Å². The van der Waals surface area contributed by atoms with Gasteiger partial charge in [0.1, 0.15) is 0 Å². The van der Waals surface area contributed by atoms with Gasteiger partial charge in [-0.2, -0.15) is 5.10 Å². The van der Waals surface area contributed by atoms with Crippen molar-refractivity contribution in [3.8, 4) is 0 Å². The summed E-state index contributed by atoms with van der Waals surface area (Å²) in [6.45, 7) is 0. The van der Waals surface area contributed by atoms with Crippen molar-refractivity contribution in [2.75, 3.05) is 6.26 Å². The molecule has 0 spiro atoms. The Balaban J connectivity index is 3.37. The van der Waals surface area contributed by atoms with E-state index in [4.69, 9.17) is 0 Å². The first-order valence-corrected chi connectivity index (χ1v) is 4.94. The fourth-order valence-electron chi connectivity index (χ4n) is 0.638. The molecule has 60 valence electrons. The van der Waals surface area contributed by atoms with E-state index in [9.17, 15) is 4.79 Å². The molecule has 0 aromatic carbocycles. The quantitative estimate of drug-likeness (QED) is 0.687. The van der Waals surface area contributed by atoms with Crippen molar-refractivity contribution in [2.45, 2.75) is 4.90 Å². The second kappa shape index (κ2) is 3.40. The molecular weight excluding hydrogens is 228 g/mol. The minimum absolute atomic E-state index is 0.100. The number of hydrogen-bond acceptors (Lipinski definition) is 3. The lowest BCUT2D eigenvalue weighted by molar-refractivity contribution is 0.690. The van der Waals surface area contributed by atoms with Gasteiger partial charge in [0, 0.05) is 11.9 Å². The highest BCUT2D eigenvalue weighted by atomic mass is 79.9. The van der Waals surface area contributed by atoms with Gasteiger partial charge in [-0.25, -0.2) is 4.68 Å². The summed E-state index contributed by atoms with van der Waals surface area (Å²) in [7, 11) is 1.62.